The Morgan fingerprint density at radius 3 is 1.34 bits per heavy atom. The lowest BCUT2D eigenvalue weighted by atomic mass is 9.85. The monoisotopic (exact) mass is 927 g/mol. The molecule has 0 aromatic rings. The molecule has 1 fully saturated rings. The van der Waals surface area contributed by atoms with E-state index in [4.69, 9.17) is 18.5 Å². The molecule has 0 spiro atoms. The zero-order chi connectivity index (χ0) is 47.1. The molecule has 14 heteroatoms. The number of carbonyl (C=O) groups is 2. The van der Waals surface area contributed by atoms with E-state index in [-0.39, 0.29) is 12.8 Å². The van der Waals surface area contributed by atoms with Gasteiger partial charge in [-0.15, -0.1) is 0 Å². The van der Waals surface area contributed by atoms with Crippen LogP contribution in [0, 0.1) is 0 Å². The Morgan fingerprint density at radius 1 is 0.484 bits per heavy atom. The fourth-order valence-electron chi connectivity index (χ4n) is 7.15. The highest BCUT2D eigenvalue weighted by molar-refractivity contribution is 7.47. The van der Waals surface area contributed by atoms with E-state index in [2.05, 4.69) is 56.4 Å². The number of hydrogen-bond acceptors (Lipinski definition) is 12. The maximum absolute atomic E-state index is 12.8. The van der Waals surface area contributed by atoms with Crippen LogP contribution in [0.5, 0.6) is 0 Å². The first kappa shape index (κ1) is 59.6. The quantitative estimate of drug-likeness (QED) is 0.0146. The summed E-state index contributed by atoms with van der Waals surface area (Å²) in [6, 6.07) is 0. The smallest absolute Gasteiger partial charge is 0.462 e. The van der Waals surface area contributed by atoms with Gasteiger partial charge in [-0.05, 0) is 51.4 Å². The van der Waals surface area contributed by atoms with E-state index < -0.39 is 75.7 Å². The number of ether oxygens (including phenoxy) is 2. The number of carbonyl (C=O) groups excluding carboxylic acids is 2. The Bertz CT molecular complexity index is 1350. The van der Waals surface area contributed by atoms with Crippen molar-refractivity contribution in [3.8, 4) is 0 Å². The van der Waals surface area contributed by atoms with Crippen molar-refractivity contribution in [2.45, 2.75) is 230 Å². The highest BCUT2D eigenvalue weighted by atomic mass is 31.2. The van der Waals surface area contributed by atoms with Crippen LogP contribution in [-0.4, -0.2) is 98.3 Å². The number of aliphatic hydroxyl groups is 5. The Labute approximate surface area is 385 Å². The molecule has 0 aromatic carbocycles. The first-order valence-corrected chi connectivity index (χ1v) is 26.1. The van der Waals surface area contributed by atoms with Gasteiger partial charge >= 0.3 is 19.8 Å². The maximum atomic E-state index is 12.8. The molecular weight excluding hydrogens is 840 g/mol. The number of phosphoric acid groups is 1. The second kappa shape index (κ2) is 39.7. The van der Waals surface area contributed by atoms with Crippen molar-refractivity contribution >= 4 is 19.8 Å². The van der Waals surface area contributed by atoms with Gasteiger partial charge in [0.25, 0.3) is 0 Å². The summed E-state index contributed by atoms with van der Waals surface area (Å²) >= 11 is 0. The lowest BCUT2D eigenvalue weighted by Gasteiger charge is -2.41. The summed E-state index contributed by atoms with van der Waals surface area (Å²) in [4.78, 5) is 35.7. The minimum Gasteiger partial charge on any atom is -0.462 e. The molecule has 13 nitrogen and oxygen atoms in total. The summed E-state index contributed by atoms with van der Waals surface area (Å²) in [5.41, 5.74) is 0. The zero-order valence-corrected chi connectivity index (χ0v) is 40.2. The van der Waals surface area contributed by atoms with Crippen molar-refractivity contribution < 1.29 is 63.1 Å². The molecule has 0 bridgehead atoms. The number of rotatable bonds is 40. The molecule has 6 N–H and O–H groups in total. The fraction of sp³-hybridized carbons (Fsp3) is 0.760. The first-order chi connectivity index (χ1) is 30.9. The predicted octanol–water partition coefficient (Wildman–Crippen LogP) is 10.1. The van der Waals surface area contributed by atoms with Crippen molar-refractivity contribution in [3.05, 3.63) is 60.8 Å². The highest BCUT2D eigenvalue weighted by Crippen LogP contribution is 2.47. The van der Waals surface area contributed by atoms with Gasteiger partial charge in [0, 0.05) is 12.8 Å². The molecule has 1 saturated carbocycles. The number of allylic oxidation sites excluding steroid dienone is 10. The Morgan fingerprint density at radius 2 is 0.875 bits per heavy atom. The average molecular weight is 927 g/mol. The topological polar surface area (TPSA) is 210 Å². The lowest BCUT2D eigenvalue weighted by Crippen LogP contribution is -2.64. The normalized spacial score (nSPS) is 22.1. The molecule has 0 heterocycles. The van der Waals surface area contributed by atoms with E-state index in [9.17, 15) is 44.6 Å². The molecular formula is C50H87O13P. The number of hydrogen-bond donors (Lipinski definition) is 6. The molecule has 370 valence electrons. The fourth-order valence-corrected chi connectivity index (χ4v) is 8.13. The van der Waals surface area contributed by atoms with Crippen molar-refractivity contribution in [3.63, 3.8) is 0 Å². The molecule has 1 aliphatic rings. The second-order valence-corrected chi connectivity index (χ2v) is 18.4. The van der Waals surface area contributed by atoms with Crippen LogP contribution in [-0.2, 0) is 32.7 Å². The minimum atomic E-state index is -5.14. The van der Waals surface area contributed by atoms with Crippen LogP contribution in [0.3, 0.4) is 0 Å². The summed E-state index contributed by atoms with van der Waals surface area (Å²) in [5.74, 6) is -1.19. The third-order valence-corrected chi connectivity index (χ3v) is 12.1. The van der Waals surface area contributed by atoms with Gasteiger partial charge in [-0.2, -0.15) is 0 Å². The van der Waals surface area contributed by atoms with Crippen molar-refractivity contribution in [1.82, 2.24) is 0 Å². The van der Waals surface area contributed by atoms with Crippen molar-refractivity contribution in [1.29, 1.82) is 0 Å². The van der Waals surface area contributed by atoms with Crippen LogP contribution in [0.2, 0.25) is 0 Å². The predicted molar refractivity (Wildman–Crippen MR) is 253 cm³/mol. The molecule has 0 radical (unpaired) electrons. The minimum absolute atomic E-state index is 0.0272. The summed E-state index contributed by atoms with van der Waals surface area (Å²) in [7, 11) is -5.14. The molecule has 1 rings (SSSR count). The molecule has 6 unspecified atom stereocenters. The number of unbranched alkanes of at least 4 members (excludes halogenated alkanes) is 18. The van der Waals surface area contributed by atoms with Gasteiger partial charge in [0.15, 0.2) is 6.10 Å². The first-order valence-electron chi connectivity index (χ1n) is 24.6. The van der Waals surface area contributed by atoms with Gasteiger partial charge in [-0.1, -0.05) is 184 Å². The summed E-state index contributed by atoms with van der Waals surface area (Å²) in [6.45, 7) is 3.22. The maximum Gasteiger partial charge on any atom is 0.472 e. The van der Waals surface area contributed by atoms with Crippen LogP contribution in [0.4, 0.5) is 0 Å². The Kier molecular flexibility index (Phi) is 36.9. The summed E-state index contributed by atoms with van der Waals surface area (Å²) in [6.07, 6.45) is 35.7. The third kappa shape index (κ3) is 31.5. The van der Waals surface area contributed by atoms with E-state index in [1.807, 2.05) is 18.2 Å². The Hall–Kier alpha value is -2.45. The van der Waals surface area contributed by atoms with Crippen LogP contribution in [0.1, 0.15) is 187 Å². The van der Waals surface area contributed by atoms with E-state index in [1.54, 1.807) is 0 Å². The molecule has 0 amide bonds. The van der Waals surface area contributed by atoms with Crippen LogP contribution in [0.15, 0.2) is 60.8 Å². The summed E-state index contributed by atoms with van der Waals surface area (Å²) < 4.78 is 33.5. The van der Waals surface area contributed by atoms with Crippen molar-refractivity contribution in [2.75, 3.05) is 13.2 Å². The van der Waals surface area contributed by atoms with Gasteiger partial charge in [0.2, 0.25) is 0 Å². The zero-order valence-electron chi connectivity index (χ0n) is 39.3. The Balaban J connectivity index is 2.49. The van der Waals surface area contributed by atoms with Crippen LogP contribution >= 0.6 is 7.82 Å². The average Bonchev–Trinajstić information content (AvgIpc) is 3.28. The largest absolute Gasteiger partial charge is 0.472 e. The molecule has 0 aromatic heterocycles. The number of phosphoric ester groups is 1. The van der Waals surface area contributed by atoms with E-state index in [0.717, 1.165) is 44.9 Å². The van der Waals surface area contributed by atoms with E-state index in [1.165, 1.54) is 96.3 Å². The third-order valence-electron chi connectivity index (χ3n) is 11.1. The van der Waals surface area contributed by atoms with Gasteiger partial charge in [0.05, 0.1) is 6.61 Å². The SMILES string of the molecule is CCCCC/C=C/C/C=C/C/C=C/C/C=C/C/C=C/CCC(=O)O[C@H](COC(=O)CCCCCCCCCCCCCCCCCC)COP(=O)(O)OC1C(O)C(O)C(O)[C@@H](O)C1O. The number of aliphatic hydroxyl groups excluding tert-OH is 5. The molecule has 1 aliphatic carbocycles. The molecule has 0 aliphatic heterocycles. The molecule has 0 saturated heterocycles. The van der Waals surface area contributed by atoms with Gasteiger partial charge in [-0.3, -0.25) is 18.6 Å². The van der Waals surface area contributed by atoms with Gasteiger partial charge in [-0.25, -0.2) is 4.57 Å². The van der Waals surface area contributed by atoms with Crippen LogP contribution in [0.25, 0.3) is 0 Å². The number of esters is 2. The van der Waals surface area contributed by atoms with E-state index >= 15 is 0 Å². The molecule has 64 heavy (non-hydrogen) atoms. The standard InChI is InChI=1S/C50H87O13P/c1-3-5-7-9-11-13-15-17-19-21-22-23-25-27-29-31-33-35-37-39-44(52)62-42(41-61-64(58,59)63-50-48(56)46(54)45(53)47(55)49(50)57)40-60-43(51)38-36-34-32-30-28-26-24-20-18-16-14-12-10-8-6-4-2/h11,13,17,19,22-23,27,29,33,35,42,45-50,53-57H,3-10,12,14-16,18,20-21,24-26,28,30-32,34,36-41H2,1-2H3,(H,58,59)/b13-11+,19-17+,23-22+,29-27+,35-33+/t42-,45?,46-,47?,48?,49?,50?/m1/s1. The summed E-state index contributed by atoms with van der Waals surface area (Å²) in [5, 5.41) is 50.2. The highest BCUT2D eigenvalue weighted by Gasteiger charge is 2.51. The second-order valence-electron chi connectivity index (χ2n) is 17.0. The van der Waals surface area contributed by atoms with Gasteiger partial charge in [0.1, 0.15) is 43.2 Å². The van der Waals surface area contributed by atoms with Gasteiger partial charge < -0.3 is 39.9 Å². The molecule has 8 atom stereocenters. The van der Waals surface area contributed by atoms with Crippen LogP contribution < -0.4 is 0 Å². The van der Waals surface area contributed by atoms with E-state index in [0.29, 0.717) is 19.3 Å². The van der Waals surface area contributed by atoms with Crippen molar-refractivity contribution in [2.24, 2.45) is 0 Å². The lowest BCUT2D eigenvalue weighted by molar-refractivity contribution is -0.220.